The number of piperazine rings is 1. The Bertz CT molecular complexity index is 385. The molecule has 1 aliphatic heterocycles. The van der Waals surface area contributed by atoms with E-state index >= 15 is 0 Å². The Kier molecular flexibility index (Phi) is 4.64. The van der Waals surface area contributed by atoms with Gasteiger partial charge in [-0.1, -0.05) is 17.7 Å². The van der Waals surface area contributed by atoms with Gasteiger partial charge in [0.05, 0.1) is 6.10 Å². The minimum absolute atomic E-state index is 0.424. The zero-order valence-corrected chi connectivity index (χ0v) is 11.2. The number of benzene rings is 1. The summed E-state index contributed by atoms with van der Waals surface area (Å²) in [5.41, 5.74) is 1.21. The SMILES string of the molecule is C=CC(O)CN1CCN(c2ccc(Cl)cc2)CC1. The Hall–Kier alpha value is -1.03. The molecule has 0 amide bonds. The Labute approximate surface area is 113 Å². The van der Waals surface area contributed by atoms with Crippen molar-refractivity contribution in [2.75, 3.05) is 37.6 Å². The third-order valence-corrected chi connectivity index (χ3v) is 3.53. The van der Waals surface area contributed by atoms with Crippen molar-refractivity contribution in [3.63, 3.8) is 0 Å². The van der Waals surface area contributed by atoms with E-state index in [0.29, 0.717) is 6.54 Å². The van der Waals surface area contributed by atoms with Crippen LogP contribution in [0.25, 0.3) is 0 Å². The van der Waals surface area contributed by atoms with Crippen LogP contribution in [-0.4, -0.2) is 48.8 Å². The molecule has 3 nitrogen and oxygen atoms in total. The fraction of sp³-hybridized carbons (Fsp3) is 0.429. The average Bonchev–Trinajstić information content (AvgIpc) is 2.40. The van der Waals surface area contributed by atoms with Crippen LogP contribution in [0.15, 0.2) is 36.9 Å². The minimum Gasteiger partial charge on any atom is -0.388 e. The Morgan fingerprint density at radius 1 is 1.22 bits per heavy atom. The highest BCUT2D eigenvalue weighted by atomic mass is 35.5. The predicted octanol–water partition coefficient (Wildman–Crippen LogP) is 2.01. The first-order valence-electron chi connectivity index (χ1n) is 6.22. The highest BCUT2D eigenvalue weighted by molar-refractivity contribution is 6.30. The van der Waals surface area contributed by atoms with Crippen molar-refractivity contribution in [3.8, 4) is 0 Å². The van der Waals surface area contributed by atoms with Crippen LogP contribution in [0.3, 0.4) is 0 Å². The van der Waals surface area contributed by atoms with E-state index in [0.717, 1.165) is 31.2 Å². The van der Waals surface area contributed by atoms with E-state index in [2.05, 4.69) is 28.5 Å². The molecule has 0 bridgehead atoms. The van der Waals surface area contributed by atoms with Gasteiger partial charge in [0.2, 0.25) is 0 Å². The molecule has 0 radical (unpaired) electrons. The monoisotopic (exact) mass is 266 g/mol. The Balaban J connectivity index is 1.86. The molecule has 18 heavy (non-hydrogen) atoms. The maximum Gasteiger partial charge on any atom is 0.0845 e. The van der Waals surface area contributed by atoms with Crippen LogP contribution in [-0.2, 0) is 0 Å². The molecule has 1 heterocycles. The van der Waals surface area contributed by atoms with Gasteiger partial charge in [-0.2, -0.15) is 0 Å². The lowest BCUT2D eigenvalue weighted by atomic mass is 10.2. The van der Waals surface area contributed by atoms with Gasteiger partial charge < -0.3 is 10.0 Å². The number of hydrogen-bond acceptors (Lipinski definition) is 3. The molecular formula is C14H19ClN2O. The Morgan fingerprint density at radius 2 is 1.83 bits per heavy atom. The van der Waals surface area contributed by atoms with Crippen molar-refractivity contribution in [1.29, 1.82) is 0 Å². The molecule has 1 atom stereocenters. The first kappa shape index (κ1) is 13.4. The molecule has 98 valence electrons. The lowest BCUT2D eigenvalue weighted by molar-refractivity contribution is 0.142. The van der Waals surface area contributed by atoms with E-state index in [1.54, 1.807) is 6.08 Å². The second-order valence-electron chi connectivity index (χ2n) is 4.57. The number of rotatable bonds is 4. The van der Waals surface area contributed by atoms with Crippen LogP contribution in [0.2, 0.25) is 5.02 Å². The summed E-state index contributed by atoms with van der Waals surface area (Å²) in [6.45, 7) is 8.16. The normalized spacial score (nSPS) is 18.7. The van der Waals surface area contributed by atoms with Crippen molar-refractivity contribution in [3.05, 3.63) is 41.9 Å². The van der Waals surface area contributed by atoms with Gasteiger partial charge in [0.15, 0.2) is 0 Å². The van der Waals surface area contributed by atoms with Gasteiger partial charge in [0.1, 0.15) is 0 Å². The van der Waals surface area contributed by atoms with Crippen LogP contribution in [0, 0.1) is 0 Å². The molecule has 1 aliphatic rings. The second kappa shape index (κ2) is 6.23. The maximum absolute atomic E-state index is 9.54. The highest BCUT2D eigenvalue weighted by Gasteiger charge is 2.18. The third-order valence-electron chi connectivity index (χ3n) is 3.28. The predicted molar refractivity (Wildman–Crippen MR) is 76.3 cm³/mol. The molecular weight excluding hydrogens is 248 g/mol. The topological polar surface area (TPSA) is 26.7 Å². The van der Waals surface area contributed by atoms with Crippen LogP contribution in [0.4, 0.5) is 5.69 Å². The van der Waals surface area contributed by atoms with Crippen molar-refractivity contribution in [2.45, 2.75) is 6.10 Å². The van der Waals surface area contributed by atoms with Gasteiger partial charge in [-0.15, -0.1) is 6.58 Å². The fourth-order valence-corrected chi connectivity index (χ4v) is 2.31. The van der Waals surface area contributed by atoms with Crippen molar-refractivity contribution in [2.24, 2.45) is 0 Å². The number of anilines is 1. The smallest absolute Gasteiger partial charge is 0.0845 e. The van der Waals surface area contributed by atoms with E-state index in [9.17, 15) is 5.11 Å². The number of hydrogen-bond donors (Lipinski definition) is 1. The lowest BCUT2D eigenvalue weighted by Gasteiger charge is -2.36. The summed E-state index contributed by atoms with van der Waals surface area (Å²) in [7, 11) is 0. The van der Waals surface area contributed by atoms with Crippen LogP contribution in [0.1, 0.15) is 0 Å². The van der Waals surface area contributed by atoms with Crippen molar-refractivity contribution in [1.82, 2.24) is 4.90 Å². The standard InChI is InChI=1S/C14H19ClN2O/c1-2-14(18)11-16-7-9-17(10-8-16)13-5-3-12(15)4-6-13/h2-6,14,18H,1,7-11H2. The quantitative estimate of drug-likeness (QED) is 0.845. The zero-order valence-electron chi connectivity index (χ0n) is 10.4. The molecule has 0 spiro atoms. The van der Waals surface area contributed by atoms with Crippen LogP contribution < -0.4 is 4.90 Å². The van der Waals surface area contributed by atoms with E-state index in [1.165, 1.54) is 5.69 Å². The molecule has 4 heteroatoms. The van der Waals surface area contributed by atoms with E-state index < -0.39 is 6.10 Å². The minimum atomic E-state index is -0.424. The summed E-state index contributed by atoms with van der Waals surface area (Å²) in [5, 5.41) is 10.3. The van der Waals surface area contributed by atoms with Crippen molar-refractivity contribution < 1.29 is 5.11 Å². The number of halogens is 1. The number of nitrogens with zero attached hydrogens (tertiary/aromatic N) is 2. The first-order valence-corrected chi connectivity index (χ1v) is 6.60. The third kappa shape index (κ3) is 3.48. The zero-order chi connectivity index (χ0) is 13.0. The largest absolute Gasteiger partial charge is 0.388 e. The molecule has 1 aromatic carbocycles. The summed E-state index contributed by atoms with van der Waals surface area (Å²) in [6, 6.07) is 7.95. The van der Waals surface area contributed by atoms with E-state index in [1.807, 2.05) is 12.1 Å². The summed E-state index contributed by atoms with van der Waals surface area (Å²) < 4.78 is 0. The molecule has 1 N–H and O–H groups in total. The molecule has 0 saturated carbocycles. The molecule has 1 unspecified atom stereocenters. The summed E-state index contributed by atoms with van der Waals surface area (Å²) in [4.78, 5) is 4.60. The van der Waals surface area contributed by atoms with Crippen molar-refractivity contribution >= 4 is 17.3 Å². The molecule has 1 saturated heterocycles. The van der Waals surface area contributed by atoms with Gasteiger partial charge in [0, 0.05) is 43.4 Å². The number of aliphatic hydroxyl groups is 1. The fourth-order valence-electron chi connectivity index (χ4n) is 2.18. The average molecular weight is 267 g/mol. The highest BCUT2D eigenvalue weighted by Crippen LogP contribution is 2.19. The van der Waals surface area contributed by atoms with Gasteiger partial charge in [0.25, 0.3) is 0 Å². The van der Waals surface area contributed by atoms with Crippen LogP contribution in [0.5, 0.6) is 0 Å². The molecule has 1 fully saturated rings. The van der Waals surface area contributed by atoms with Gasteiger partial charge in [-0.3, -0.25) is 4.90 Å². The van der Waals surface area contributed by atoms with E-state index in [-0.39, 0.29) is 0 Å². The summed E-state index contributed by atoms with van der Waals surface area (Å²) in [5.74, 6) is 0. The van der Waals surface area contributed by atoms with E-state index in [4.69, 9.17) is 11.6 Å². The van der Waals surface area contributed by atoms with Gasteiger partial charge in [-0.05, 0) is 24.3 Å². The Morgan fingerprint density at radius 3 is 2.39 bits per heavy atom. The first-order chi connectivity index (χ1) is 8.69. The molecule has 2 rings (SSSR count). The molecule has 0 aromatic heterocycles. The van der Waals surface area contributed by atoms with Crippen LogP contribution >= 0.6 is 11.6 Å². The summed E-state index contributed by atoms with van der Waals surface area (Å²) in [6.07, 6.45) is 1.16. The second-order valence-corrected chi connectivity index (χ2v) is 5.00. The summed E-state index contributed by atoms with van der Waals surface area (Å²) >= 11 is 5.88. The van der Waals surface area contributed by atoms with Gasteiger partial charge in [-0.25, -0.2) is 0 Å². The molecule has 1 aromatic rings. The number of aliphatic hydroxyl groups excluding tert-OH is 1. The number of β-amino-alcohol motifs (C(OH)–C–C–N with tert-alkyl or cyclic N) is 1. The van der Waals surface area contributed by atoms with Gasteiger partial charge >= 0.3 is 0 Å². The lowest BCUT2D eigenvalue weighted by Crippen LogP contribution is -2.48. The maximum atomic E-state index is 9.54. The molecule has 0 aliphatic carbocycles.